The summed E-state index contributed by atoms with van der Waals surface area (Å²) in [6.45, 7) is 2.25. The summed E-state index contributed by atoms with van der Waals surface area (Å²) in [5.41, 5.74) is 6.93. The monoisotopic (exact) mass is 255 g/mol. The third-order valence-corrected chi connectivity index (χ3v) is 4.08. The Balaban J connectivity index is 1.69. The first-order chi connectivity index (χ1) is 9.20. The zero-order chi connectivity index (χ0) is 13.0. The predicted molar refractivity (Wildman–Crippen MR) is 72.6 cm³/mol. The van der Waals surface area contributed by atoms with Crippen LogP contribution in [0.25, 0.3) is 11.6 Å². The van der Waals surface area contributed by atoms with Gasteiger partial charge in [0.05, 0.1) is 0 Å². The number of rotatable bonds is 3. The Morgan fingerprint density at radius 2 is 2.05 bits per heavy atom. The molecular formula is C15H17N3O. The maximum atomic E-state index is 5.89. The number of hydrogen-bond donors (Lipinski definition) is 1. The SMILES string of the molecule is CC1CC1c1ccc(-c2nc(N)cc(C3CC3)n2)o1. The lowest BCUT2D eigenvalue weighted by Gasteiger charge is -2.02. The fourth-order valence-corrected chi connectivity index (χ4v) is 2.57. The molecule has 2 heterocycles. The van der Waals surface area contributed by atoms with Crippen LogP contribution in [0.1, 0.15) is 49.5 Å². The van der Waals surface area contributed by atoms with E-state index >= 15 is 0 Å². The number of anilines is 1. The maximum Gasteiger partial charge on any atom is 0.197 e. The van der Waals surface area contributed by atoms with E-state index in [9.17, 15) is 0 Å². The topological polar surface area (TPSA) is 64.9 Å². The molecule has 0 amide bonds. The van der Waals surface area contributed by atoms with Crippen LogP contribution >= 0.6 is 0 Å². The minimum absolute atomic E-state index is 0.532. The first-order valence-corrected chi connectivity index (χ1v) is 6.95. The van der Waals surface area contributed by atoms with E-state index in [1.54, 1.807) is 0 Å². The number of nitrogens with two attached hydrogens (primary N) is 1. The van der Waals surface area contributed by atoms with Crippen molar-refractivity contribution in [3.8, 4) is 11.6 Å². The van der Waals surface area contributed by atoms with E-state index in [1.165, 1.54) is 19.3 Å². The molecule has 0 aromatic carbocycles. The van der Waals surface area contributed by atoms with Crippen LogP contribution in [0.15, 0.2) is 22.6 Å². The summed E-state index contributed by atoms with van der Waals surface area (Å²) in [6.07, 6.45) is 3.63. The molecule has 2 N–H and O–H groups in total. The Morgan fingerprint density at radius 3 is 2.74 bits per heavy atom. The van der Waals surface area contributed by atoms with Gasteiger partial charge in [0.15, 0.2) is 11.6 Å². The zero-order valence-electron chi connectivity index (χ0n) is 11.0. The zero-order valence-corrected chi connectivity index (χ0v) is 11.0. The van der Waals surface area contributed by atoms with Crippen molar-refractivity contribution in [2.24, 2.45) is 5.92 Å². The standard InChI is InChI=1S/C15H17N3O/c1-8-6-10(8)12-4-5-13(19-12)15-17-11(9-2-3-9)7-14(16)18-15/h4-5,7-10H,2-3,6H2,1H3,(H2,16,17,18). The van der Waals surface area contributed by atoms with Gasteiger partial charge in [0.25, 0.3) is 0 Å². The van der Waals surface area contributed by atoms with Gasteiger partial charge in [-0.15, -0.1) is 0 Å². The molecule has 0 aliphatic heterocycles. The molecule has 4 rings (SSSR count). The minimum Gasteiger partial charge on any atom is -0.457 e. The summed E-state index contributed by atoms with van der Waals surface area (Å²) in [5, 5.41) is 0. The van der Waals surface area contributed by atoms with E-state index < -0.39 is 0 Å². The summed E-state index contributed by atoms with van der Waals surface area (Å²) in [6, 6.07) is 5.90. The lowest BCUT2D eigenvalue weighted by atomic mass is 10.2. The van der Waals surface area contributed by atoms with E-state index in [-0.39, 0.29) is 0 Å². The highest BCUT2D eigenvalue weighted by Crippen LogP contribution is 2.48. The van der Waals surface area contributed by atoms with Crippen LogP contribution in [-0.4, -0.2) is 9.97 Å². The lowest BCUT2D eigenvalue weighted by Crippen LogP contribution is -1.98. The molecule has 2 aromatic heterocycles. The molecule has 98 valence electrons. The number of furan rings is 1. The molecule has 0 saturated heterocycles. The highest BCUT2D eigenvalue weighted by Gasteiger charge is 2.36. The molecule has 0 spiro atoms. The Morgan fingerprint density at radius 1 is 1.26 bits per heavy atom. The molecule has 2 atom stereocenters. The Labute approximate surface area is 112 Å². The van der Waals surface area contributed by atoms with Crippen LogP contribution in [0.5, 0.6) is 0 Å². The second-order valence-electron chi connectivity index (χ2n) is 5.84. The highest BCUT2D eigenvalue weighted by atomic mass is 16.3. The van der Waals surface area contributed by atoms with Crippen LogP contribution < -0.4 is 5.73 Å². The molecule has 2 aliphatic rings. The van der Waals surface area contributed by atoms with Crippen molar-refractivity contribution in [3.63, 3.8) is 0 Å². The van der Waals surface area contributed by atoms with E-state index in [1.807, 2.05) is 18.2 Å². The maximum absolute atomic E-state index is 5.89. The molecule has 2 aromatic rings. The Bertz CT molecular complexity index is 630. The molecule has 2 saturated carbocycles. The van der Waals surface area contributed by atoms with Gasteiger partial charge in [-0.2, -0.15) is 0 Å². The number of nitrogens with zero attached hydrogens (tertiary/aromatic N) is 2. The molecule has 4 heteroatoms. The normalized spacial score (nSPS) is 25.5. The van der Waals surface area contributed by atoms with Crippen molar-refractivity contribution in [1.29, 1.82) is 0 Å². The third kappa shape index (κ3) is 2.01. The Kier molecular flexibility index (Phi) is 2.22. The van der Waals surface area contributed by atoms with Gasteiger partial charge < -0.3 is 10.2 Å². The van der Waals surface area contributed by atoms with Crippen LogP contribution in [-0.2, 0) is 0 Å². The molecule has 0 radical (unpaired) electrons. The van der Waals surface area contributed by atoms with Crippen molar-refractivity contribution in [2.45, 2.75) is 38.0 Å². The van der Waals surface area contributed by atoms with Gasteiger partial charge in [0, 0.05) is 23.6 Å². The average molecular weight is 255 g/mol. The first-order valence-electron chi connectivity index (χ1n) is 6.95. The summed E-state index contributed by atoms with van der Waals surface area (Å²) in [5.74, 6) is 4.85. The average Bonchev–Trinajstić information content (AvgIpc) is 3.29. The molecule has 2 unspecified atom stereocenters. The summed E-state index contributed by atoms with van der Waals surface area (Å²) < 4.78 is 5.89. The molecule has 4 nitrogen and oxygen atoms in total. The summed E-state index contributed by atoms with van der Waals surface area (Å²) >= 11 is 0. The lowest BCUT2D eigenvalue weighted by molar-refractivity contribution is 0.514. The van der Waals surface area contributed by atoms with Gasteiger partial charge >= 0.3 is 0 Å². The highest BCUT2D eigenvalue weighted by molar-refractivity contribution is 5.51. The Hall–Kier alpha value is -1.84. The largest absolute Gasteiger partial charge is 0.457 e. The smallest absolute Gasteiger partial charge is 0.197 e. The second kappa shape index (κ2) is 3.83. The van der Waals surface area contributed by atoms with Crippen molar-refractivity contribution in [1.82, 2.24) is 9.97 Å². The van der Waals surface area contributed by atoms with E-state index in [0.717, 1.165) is 23.1 Å². The van der Waals surface area contributed by atoms with Gasteiger partial charge in [-0.1, -0.05) is 6.92 Å². The third-order valence-electron chi connectivity index (χ3n) is 4.08. The molecule has 0 bridgehead atoms. The van der Waals surface area contributed by atoms with Gasteiger partial charge in [-0.25, -0.2) is 9.97 Å². The van der Waals surface area contributed by atoms with Crippen molar-refractivity contribution < 1.29 is 4.42 Å². The predicted octanol–water partition coefficient (Wildman–Crippen LogP) is 3.32. The number of nitrogen functional groups attached to an aromatic ring is 1. The van der Waals surface area contributed by atoms with Crippen molar-refractivity contribution >= 4 is 5.82 Å². The fourth-order valence-electron chi connectivity index (χ4n) is 2.57. The molecule has 2 fully saturated rings. The van der Waals surface area contributed by atoms with Crippen LogP contribution in [0.3, 0.4) is 0 Å². The quantitative estimate of drug-likeness (QED) is 0.913. The number of hydrogen-bond acceptors (Lipinski definition) is 4. The van der Waals surface area contributed by atoms with Crippen LogP contribution in [0.4, 0.5) is 5.82 Å². The van der Waals surface area contributed by atoms with Crippen molar-refractivity contribution in [2.75, 3.05) is 5.73 Å². The second-order valence-corrected chi connectivity index (χ2v) is 5.84. The van der Waals surface area contributed by atoms with E-state index in [0.29, 0.717) is 23.5 Å². The van der Waals surface area contributed by atoms with Crippen LogP contribution in [0.2, 0.25) is 0 Å². The summed E-state index contributed by atoms with van der Waals surface area (Å²) in [4.78, 5) is 8.89. The van der Waals surface area contributed by atoms with Gasteiger partial charge in [-0.05, 0) is 37.3 Å². The van der Waals surface area contributed by atoms with Crippen molar-refractivity contribution in [3.05, 3.63) is 29.7 Å². The fraction of sp³-hybridized carbons (Fsp3) is 0.467. The molecule has 2 aliphatic carbocycles. The minimum atomic E-state index is 0.532. The first kappa shape index (κ1) is 11.0. The van der Waals surface area contributed by atoms with Crippen LogP contribution in [0, 0.1) is 5.92 Å². The van der Waals surface area contributed by atoms with Gasteiger partial charge in [0.2, 0.25) is 0 Å². The number of aromatic nitrogens is 2. The molecule has 19 heavy (non-hydrogen) atoms. The van der Waals surface area contributed by atoms with E-state index in [2.05, 4.69) is 16.9 Å². The molecular weight excluding hydrogens is 238 g/mol. The van der Waals surface area contributed by atoms with Gasteiger partial charge in [-0.3, -0.25) is 0 Å². The summed E-state index contributed by atoms with van der Waals surface area (Å²) in [7, 11) is 0. The van der Waals surface area contributed by atoms with E-state index in [4.69, 9.17) is 10.2 Å². The van der Waals surface area contributed by atoms with Gasteiger partial charge in [0.1, 0.15) is 11.6 Å².